The molecule has 0 spiro atoms. The fourth-order valence-electron chi connectivity index (χ4n) is 3.87. The van der Waals surface area contributed by atoms with E-state index in [1.54, 1.807) is 12.1 Å². The summed E-state index contributed by atoms with van der Waals surface area (Å²) in [4.78, 5) is 26.4. The number of hydrogen-bond acceptors (Lipinski definition) is 3. The van der Waals surface area contributed by atoms with Gasteiger partial charge in [-0.05, 0) is 42.7 Å². The van der Waals surface area contributed by atoms with Crippen LogP contribution in [0.5, 0.6) is 5.75 Å². The molecule has 2 unspecified atom stereocenters. The van der Waals surface area contributed by atoms with Crippen LogP contribution in [0.3, 0.4) is 0 Å². The third-order valence-corrected chi connectivity index (χ3v) is 5.01. The highest BCUT2D eigenvalue weighted by atomic mass is 19.1. The van der Waals surface area contributed by atoms with Gasteiger partial charge in [-0.15, -0.1) is 0 Å². The molecule has 2 aliphatic heterocycles. The zero-order chi connectivity index (χ0) is 17.4. The molecule has 130 valence electrons. The molecule has 1 aromatic heterocycles. The van der Waals surface area contributed by atoms with Crippen LogP contribution in [0.4, 0.5) is 4.39 Å². The lowest BCUT2D eigenvalue weighted by Gasteiger charge is -2.42. The van der Waals surface area contributed by atoms with Crippen molar-refractivity contribution in [2.24, 2.45) is 5.92 Å². The minimum absolute atomic E-state index is 0.0339. The van der Waals surface area contributed by atoms with Gasteiger partial charge < -0.3 is 14.2 Å². The van der Waals surface area contributed by atoms with Gasteiger partial charge in [-0.1, -0.05) is 6.07 Å². The van der Waals surface area contributed by atoms with E-state index in [0.29, 0.717) is 31.3 Å². The number of aromatic nitrogens is 1. The summed E-state index contributed by atoms with van der Waals surface area (Å²) in [7, 11) is 0. The minimum atomic E-state index is -0.337. The van der Waals surface area contributed by atoms with Crippen LogP contribution in [0.2, 0.25) is 0 Å². The summed E-state index contributed by atoms with van der Waals surface area (Å²) in [5.41, 5.74) is 1.05. The third kappa shape index (κ3) is 3.16. The Bertz CT molecular complexity index is 846. The molecule has 2 atom stereocenters. The summed E-state index contributed by atoms with van der Waals surface area (Å²) in [6.07, 6.45) is 1.01. The normalized spacial score (nSPS) is 21.6. The molecule has 25 heavy (non-hydrogen) atoms. The smallest absolute Gasteiger partial charge is 0.260 e. The molecule has 3 heterocycles. The number of carbonyl (C=O) groups excluding carboxylic acids is 1. The minimum Gasteiger partial charge on any atom is -0.484 e. The first-order valence-electron chi connectivity index (χ1n) is 8.46. The van der Waals surface area contributed by atoms with Crippen molar-refractivity contribution in [3.05, 3.63) is 64.3 Å². The van der Waals surface area contributed by atoms with E-state index < -0.39 is 0 Å². The SMILES string of the molecule is O=C(COc1ccc(F)cc1)N1CC2CC(C1)c1cccc(=O)n1C2. The summed E-state index contributed by atoms with van der Waals surface area (Å²) < 4.78 is 20.2. The van der Waals surface area contributed by atoms with Crippen LogP contribution in [-0.2, 0) is 11.3 Å². The molecular weight excluding hydrogens is 323 g/mol. The molecule has 1 amide bonds. The number of rotatable bonds is 3. The lowest BCUT2D eigenvalue weighted by Crippen LogP contribution is -2.50. The number of pyridine rings is 1. The van der Waals surface area contributed by atoms with E-state index in [1.165, 1.54) is 24.3 Å². The van der Waals surface area contributed by atoms with Gasteiger partial charge in [-0.3, -0.25) is 9.59 Å². The quantitative estimate of drug-likeness (QED) is 0.857. The number of amides is 1. The first-order valence-corrected chi connectivity index (χ1v) is 8.46. The highest BCUT2D eigenvalue weighted by Gasteiger charge is 2.36. The molecule has 0 radical (unpaired) electrons. The van der Waals surface area contributed by atoms with E-state index in [2.05, 4.69) is 0 Å². The molecule has 1 saturated heterocycles. The summed E-state index contributed by atoms with van der Waals surface area (Å²) in [5, 5.41) is 0. The van der Waals surface area contributed by atoms with Crippen molar-refractivity contribution >= 4 is 5.91 Å². The number of halogens is 1. The first kappa shape index (κ1) is 15.9. The monoisotopic (exact) mass is 342 g/mol. The summed E-state index contributed by atoms with van der Waals surface area (Å²) in [6.45, 7) is 1.84. The molecule has 6 heteroatoms. The second-order valence-electron chi connectivity index (χ2n) is 6.74. The van der Waals surface area contributed by atoms with Crippen molar-refractivity contribution in [3.8, 4) is 5.75 Å². The van der Waals surface area contributed by atoms with E-state index in [4.69, 9.17) is 4.74 Å². The van der Waals surface area contributed by atoms with Crippen molar-refractivity contribution in [2.75, 3.05) is 19.7 Å². The standard InChI is InChI=1S/C19H19FN2O3/c20-15-4-6-16(7-5-15)25-12-19(24)21-9-13-8-14(11-21)17-2-1-3-18(23)22(17)10-13/h1-7,13-14H,8-12H2. The Kier molecular flexibility index (Phi) is 4.03. The number of likely N-dealkylation sites (tertiary alicyclic amines) is 1. The Morgan fingerprint density at radius 2 is 1.92 bits per heavy atom. The molecule has 2 bridgehead atoms. The average Bonchev–Trinajstić information content (AvgIpc) is 2.62. The van der Waals surface area contributed by atoms with Gasteiger partial charge in [0.1, 0.15) is 11.6 Å². The Balaban J connectivity index is 1.44. The van der Waals surface area contributed by atoms with Crippen LogP contribution in [0.25, 0.3) is 0 Å². The van der Waals surface area contributed by atoms with E-state index in [1.807, 2.05) is 15.5 Å². The average molecular weight is 342 g/mol. The number of hydrogen-bond donors (Lipinski definition) is 0. The van der Waals surface area contributed by atoms with Crippen LogP contribution in [-0.4, -0.2) is 35.1 Å². The van der Waals surface area contributed by atoms with E-state index in [9.17, 15) is 14.0 Å². The van der Waals surface area contributed by atoms with Crippen molar-refractivity contribution in [3.63, 3.8) is 0 Å². The third-order valence-electron chi connectivity index (χ3n) is 5.01. The highest BCUT2D eigenvalue weighted by Crippen LogP contribution is 2.34. The number of nitrogens with zero attached hydrogens (tertiary/aromatic N) is 2. The topological polar surface area (TPSA) is 51.5 Å². The Morgan fingerprint density at radius 3 is 2.72 bits per heavy atom. The molecule has 2 aliphatic rings. The second kappa shape index (κ2) is 6.35. The Morgan fingerprint density at radius 1 is 1.12 bits per heavy atom. The summed E-state index contributed by atoms with van der Waals surface area (Å²) in [6, 6.07) is 11.0. The molecule has 5 nitrogen and oxygen atoms in total. The first-order chi connectivity index (χ1) is 12.1. The second-order valence-corrected chi connectivity index (χ2v) is 6.74. The molecule has 0 saturated carbocycles. The molecule has 0 aliphatic carbocycles. The fourth-order valence-corrected chi connectivity index (χ4v) is 3.87. The Labute approximate surface area is 144 Å². The highest BCUT2D eigenvalue weighted by molar-refractivity contribution is 5.78. The lowest BCUT2D eigenvalue weighted by atomic mass is 9.83. The largest absolute Gasteiger partial charge is 0.484 e. The molecule has 4 rings (SSSR count). The van der Waals surface area contributed by atoms with Gasteiger partial charge in [0.25, 0.3) is 11.5 Å². The molecule has 1 aromatic carbocycles. The van der Waals surface area contributed by atoms with Gasteiger partial charge in [-0.25, -0.2) is 4.39 Å². The predicted molar refractivity (Wildman–Crippen MR) is 90.0 cm³/mol. The van der Waals surface area contributed by atoms with Gasteiger partial charge in [0.15, 0.2) is 6.61 Å². The number of piperidine rings is 1. The molecule has 0 N–H and O–H groups in total. The van der Waals surface area contributed by atoms with Gasteiger partial charge in [0.2, 0.25) is 0 Å². The summed E-state index contributed by atoms with van der Waals surface area (Å²) in [5.74, 6) is 0.545. The maximum absolute atomic E-state index is 12.9. The maximum Gasteiger partial charge on any atom is 0.260 e. The van der Waals surface area contributed by atoms with Crippen LogP contribution in [0, 0.1) is 11.7 Å². The van der Waals surface area contributed by atoms with Gasteiger partial charge in [0.05, 0.1) is 0 Å². The van der Waals surface area contributed by atoms with Crippen LogP contribution in [0.15, 0.2) is 47.3 Å². The Hall–Kier alpha value is -2.63. The maximum atomic E-state index is 12.9. The predicted octanol–water partition coefficient (Wildman–Crippen LogP) is 2.01. The molecule has 1 fully saturated rings. The number of ether oxygens (including phenoxy) is 1. The lowest BCUT2D eigenvalue weighted by molar-refractivity contribution is -0.136. The number of fused-ring (bicyclic) bond motifs is 4. The van der Waals surface area contributed by atoms with E-state index >= 15 is 0 Å². The number of benzene rings is 1. The zero-order valence-corrected chi connectivity index (χ0v) is 13.7. The molecule has 2 aromatic rings. The van der Waals surface area contributed by atoms with Crippen LogP contribution in [0.1, 0.15) is 18.0 Å². The summed E-state index contributed by atoms with van der Waals surface area (Å²) >= 11 is 0. The number of carbonyl (C=O) groups is 1. The van der Waals surface area contributed by atoms with Crippen LogP contribution < -0.4 is 10.3 Å². The molecular formula is C19H19FN2O3. The fraction of sp³-hybridized carbons (Fsp3) is 0.368. The van der Waals surface area contributed by atoms with Gasteiger partial charge >= 0.3 is 0 Å². The van der Waals surface area contributed by atoms with Crippen molar-refractivity contribution in [1.82, 2.24) is 9.47 Å². The van der Waals surface area contributed by atoms with E-state index in [-0.39, 0.29) is 29.8 Å². The van der Waals surface area contributed by atoms with Gasteiger partial charge in [0, 0.05) is 37.3 Å². The van der Waals surface area contributed by atoms with Crippen molar-refractivity contribution in [2.45, 2.75) is 18.9 Å². The van der Waals surface area contributed by atoms with E-state index in [0.717, 1.165) is 12.1 Å². The van der Waals surface area contributed by atoms with Crippen LogP contribution >= 0.6 is 0 Å². The van der Waals surface area contributed by atoms with Gasteiger partial charge in [-0.2, -0.15) is 0 Å². The zero-order valence-electron chi connectivity index (χ0n) is 13.7. The van der Waals surface area contributed by atoms with Crippen molar-refractivity contribution in [1.29, 1.82) is 0 Å². The van der Waals surface area contributed by atoms with Crippen molar-refractivity contribution < 1.29 is 13.9 Å².